The summed E-state index contributed by atoms with van der Waals surface area (Å²) in [5.41, 5.74) is 2.78. The maximum atomic E-state index is 11.0. The highest BCUT2D eigenvalue weighted by molar-refractivity contribution is 6.32. The summed E-state index contributed by atoms with van der Waals surface area (Å²) < 4.78 is 4.53. The number of benzene rings is 2. The number of aromatic hydroxyl groups is 1. The van der Waals surface area contributed by atoms with E-state index in [9.17, 15) is 9.90 Å². The molecule has 0 aliphatic heterocycles. The molecular formula is C16H13ClO3. The van der Waals surface area contributed by atoms with Crippen LogP contribution < -0.4 is 0 Å². The van der Waals surface area contributed by atoms with E-state index in [1.54, 1.807) is 24.3 Å². The lowest BCUT2D eigenvalue weighted by molar-refractivity contribution is -0.134. The molecule has 2 rings (SSSR count). The number of ether oxygens (including phenoxy) is 1. The standard InChI is InChI=1S/C16H13ClO3/c1-20-16(19)9-4-11-2-5-12(6-3-11)13-7-8-15(18)14(17)10-13/h2-10,18H,1H3/b9-4+. The Morgan fingerprint density at radius 1 is 1.15 bits per heavy atom. The topological polar surface area (TPSA) is 46.5 Å². The number of carbonyl (C=O) groups is 1. The Labute approximate surface area is 122 Å². The van der Waals surface area contributed by atoms with Gasteiger partial charge in [0.15, 0.2) is 0 Å². The Bertz CT molecular complexity index is 645. The van der Waals surface area contributed by atoms with Gasteiger partial charge in [-0.05, 0) is 34.9 Å². The molecule has 0 unspecified atom stereocenters. The number of hydrogen-bond donors (Lipinski definition) is 1. The second kappa shape index (κ2) is 6.26. The first-order valence-corrected chi connectivity index (χ1v) is 6.33. The van der Waals surface area contributed by atoms with Crippen LogP contribution in [0.25, 0.3) is 17.2 Å². The average Bonchev–Trinajstić information content (AvgIpc) is 2.48. The van der Waals surface area contributed by atoms with Gasteiger partial charge in [0.05, 0.1) is 12.1 Å². The van der Waals surface area contributed by atoms with Crippen molar-refractivity contribution in [2.45, 2.75) is 0 Å². The molecule has 0 radical (unpaired) electrons. The quantitative estimate of drug-likeness (QED) is 0.688. The monoisotopic (exact) mass is 288 g/mol. The van der Waals surface area contributed by atoms with E-state index >= 15 is 0 Å². The number of carbonyl (C=O) groups excluding carboxylic acids is 1. The fourth-order valence-electron chi connectivity index (χ4n) is 1.71. The zero-order valence-electron chi connectivity index (χ0n) is 10.8. The molecule has 2 aromatic rings. The van der Waals surface area contributed by atoms with Crippen molar-refractivity contribution < 1.29 is 14.6 Å². The predicted molar refractivity (Wildman–Crippen MR) is 79.6 cm³/mol. The maximum absolute atomic E-state index is 11.0. The van der Waals surface area contributed by atoms with E-state index < -0.39 is 0 Å². The Balaban J connectivity index is 2.21. The van der Waals surface area contributed by atoms with E-state index in [1.807, 2.05) is 24.3 Å². The van der Waals surface area contributed by atoms with Crippen molar-refractivity contribution in [2.75, 3.05) is 7.11 Å². The first-order chi connectivity index (χ1) is 9.60. The van der Waals surface area contributed by atoms with Crippen LogP contribution in [-0.2, 0) is 9.53 Å². The van der Waals surface area contributed by atoms with E-state index in [2.05, 4.69) is 4.74 Å². The number of hydrogen-bond acceptors (Lipinski definition) is 3. The number of phenolic OH excluding ortho intramolecular Hbond substituents is 1. The minimum absolute atomic E-state index is 0.0630. The van der Waals surface area contributed by atoms with Crippen molar-refractivity contribution in [3.63, 3.8) is 0 Å². The Morgan fingerprint density at radius 3 is 2.40 bits per heavy atom. The number of esters is 1. The number of methoxy groups -OCH3 is 1. The van der Waals surface area contributed by atoms with E-state index in [4.69, 9.17) is 11.6 Å². The predicted octanol–water partition coefficient (Wildman–Crippen LogP) is 3.90. The van der Waals surface area contributed by atoms with Crippen molar-refractivity contribution >= 4 is 23.6 Å². The molecule has 0 aliphatic carbocycles. The summed E-state index contributed by atoms with van der Waals surface area (Å²) in [4.78, 5) is 11.0. The Morgan fingerprint density at radius 2 is 1.80 bits per heavy atom. The molecule has 0 spiro atoms. The van der Waals surface area contributed by atoms with Crippen molar-refractivity contribution in [3.05, 3.63) is 59.1 Å². The summed E-state index contributed by atoms with van der Waals surface area (Å²) in [6, 6.07) is 12.7. The highest BCUT2D eigenvalue weighted by Gasteiger charge is 2.02. The van der Waals surface area contributed by atoms with Gasteiger partial charge in [0.1, 0.15) is 5.75 Å². The van der Waals surface area contributed by atoms with Crippen LogP contribution in [0, 0.1) is 0 Å². The summed E-state index contributed by atoms with van der Waals surface area (Å²) in [7, 11) is 1.34. The molecule has 0 saturated heterocycles. The molecule has 0 aromatic heterocycles. The van der Waals surface area contributed by atoms with Crippen molar-refractivity contribution in [3.8, 4) is 16.9 Å². The molecule has 0 atom stereocenters. The first-order valence-electron chi connectivity index (χ1n) is 5.95. The van der Waals surface area contributed by atoms with Crippen LogP contribution in [0.4, 0.5) is 0 Å². The number of phenols is 1. The minimum Gasteiger partial charge on any atom is -0.506 e. The minimum atomic E-state index is -0.389. The summed E-state index contributed by atoms with van der Waals surface area (Å²) in [5, 5.41) is 9.71. The van der Waals surface area contributed by atoms with E-state index in [0.717, 1.165) is 16.7 Å². The fourth-order valence-corrected chi connectivity index (χ4v) is 1.89. The highest BCUT2D eigenvalue weighted by Crippen LogP contribution is 2.29. The Kier molecular flexibility index (Phi) is 4.43. The van der Waals surface area contributed by atoms with Crippen molar-refractivity contribution in [1.82, 2.24) is 0 Å². The van der Waals surface area contributed by atoms with Crippen LogP contribution in [0.2, 0.25) is 5.02 Å². The van der Waals surface area contributed by atoms with Gasteiger partial charge in [-0.1, -0.05) is 41.9 Å². The van der Waals surface area contributed by atoms with Crippen LogP contribution in [0.3, 0.4) is 0 Å². The molecule has 1 N–H and O–H groups in total. The third-order valence-corrected chi connectivity index (χ3v) is 3.11. The van der Waals surface area contributed by atoms with Gasteiger partial charge in [0.2, 0.25) is 0 Å². The van der Waals surface area contributed by atoms with Crippen LogP contribution in [-0.4, -0.2) is 18.2 Å². The zero-order chi connectivity index (χ0) is 14.5. The van der Waals surface area contributed by atoms with E-state index in [0.29, 0.717) is 5.02 Å². The summed E-state index contributed by atoms with van der Waals surface area (Å²) >= 11 is 5.88. The van der Waals surface area contributed by atoms with Gasteiger partial charge < -0.3 is 9.84 Å². The summed E-state index contributed by atoms with van der Waals surface area (Å²) in [6.45, 7) is 0. The number of halogens is 1. The summed E-state index contributed by atoms with van der Waals surface area (Å²) in [6.07, 6.45) is 3.05. The van der Waals surface area contributed by atoms with Crippen LogP contribution in [0.5, 0.6) is 5.75 Å². The molecule has 0 heterocycles. The molecule has 0 saturated carbocycles. The zero-order valence-corrected chi connectivity index (χ0v) is 11.6. The fraction of sp³-hybridized carbons (Fsp3) is 0.0625. The first kappa shape index (κ1) is 14.2. The molecule has 20 heavy (non-hydrogen) atoms. The third-order valence-electron chi connectivity index (χ3n) is 2.80. The van der Waals surface area contributed by atoms with Crippen LogP contribution in [0.15, 0.2) is 48.5 Å². The van der Waals surface area contributed by atoms with Gasteiger partial charge >= 0.3 is 5.97 Å². The molecular weight excluding hydrogens is 276 g/mol. The van der Waals surface area contributed by atoms with Gasteiger partial charge in [0.25, 0.3) is 0 Å². The van der Waals surface area contributed by atoms with Crippen molar-refractivity contribution in [2.24, 2.45) is 0 Å². The Hall–Kier alpha value is -2.26. The molecule has 102 valence electrons. The smallest absolute Gasteiger partial charge is 0.330 e. The maximum Gasteiger partial charge on any atom is 0.330 e. The third kappa shape index (κ3) is 3.39. The van der Waals surface area contributed by atoms with Gasteiger partial charge in [-0.25, -0.2) is 4.79 Å². The molecule has 2 aromatic carbocycles. The molecule has 0 aliphatic rings. The lowest BCUT2D eigenvalue weighted by Crippen LogP contribution is -1.93. The molecule has 3 nitrogen and oxygen atoms in total. The molecule has 0 amide bonds. The second-order valence-corrected chi connectivity index (χ2v) is 4.55. The molecule has 0 fully saturated rings. The highest BCUT2D eigenvalue weighted by atomic mass is 35.5. The lowest BCUT2D eigenvalue weighted by Gasteiger charge is -2.04. The normalized spacial score (nSPS) is 10.7. The lowest BCUT2D eigenvalue weighted by atomic mass is 10.0. The van der Waals surface area contributed by atoms with Gasteiger partial charge in [-0.3, -0.25) is 0 Å². The average molecular weight is 289 g/mol. The number of rotatable bonds is 3. The van der Waals surface area contributed by atoms with Gasteiger partial charge in [-0.15, -0.1) is 0 Å². The second-order valence-electron chi connectivity index (χ2n) is 4.14. The van der Waals surface area contributed by atoms with E-state index in [-0.39, 0.29) is 11.7 Å². The summed E-state index contributed by atoms with van der Waals surface area (Å²) in [5.74, 6) is -0.326. The SMILES string of the molecule is COC(=O)/C=C/c1ccc(-c2ccc(O)c(Cl)c2)cc1. The van der Waals surface area contributed by atoms with Crippen LogP contribution in [0.1, 0.15) is 5.56 Å². The molecule has 4 heteroatoms. The largest absolute Gasteiger partial charge is 0.506 e. The van der Waals surface area contributed by atoms with Crippen LogP contribution >= 0.6 is 11.6 Å². The molecule has 0 bridgehead atoms. The van der Waals surface area contributed by atoms with E-state index in [1.165, 1.54) is 13.2 Å². The van der Waals surface area contributed by atoms with Crippen molar-refractivity contribution in [1.29, 1.82) is 0 Å². The van der Waals surface area contributed by atoms with Gasteiger partial charge in [0, 0.05) is 6.08 Å². The van der Waals surface area contributed by atoms with Gasteiger partial charge in [-0.2, -0.15) is 0 Å².